The van der Waals surface area contributed by atoms with E-state index >= 15 is 0 Å². The predicted molar refractivity (Wildman–Crippen MR) is 86.9 cm³/mol. The minimum atomic E-state index is -0.326. The smallest absolute Gasteiger partial charge is 0.254 e. The fourth-order valence-corrected chi connectivity index (χ4v) is 3.56. The number of hydrogen-bond acceptors (Lipinski definition) is 3. The van der Waals surface area contributed by atoms with Gasteiger partial charge in [0.05, 0.1) is 0 Å². The molecule has 2 saturated heterocycles. The summed E-state index contributed by atoms with van der Waals surface area (Å²) in [5, 5.41) is 9.21. The van der Waals surface area contributed by atoms with Crippen LogP contribution in [-0.2, 0) is 4.79 Å². The molecule has 1 N–H and O–H groups in total. The van der Waals surface area contributed by atoms with Crippen molar-refractivity contribution < 1.29 is 14.7 Å². The van der Waals surface area contributed by atoms with E-state index in [2.05, 4.69) is 0 Å². The second-order valence-electron chi connectivity index (χ2n) is 6.47. The second kappa shape index (κ2) is 7.13. The normalized spacial score (nSPS) is 22.4. The number of amides is 2. The Morgan fingerprint density at radius 3 is 2.39 bits per heavy atom. The minimum absolute atomic E-state index is 0.0494. The number of carbonyl (C=O) groups excluding carboxylic acids is 2. The van der Waals surface area contributed by atoms with Crippen LogP contribution in [0.1, 0.15) is 36.0 Å². The van der Waals surface area contributed by atoms with Gasteiger partial charge in [0.2, 0.25) is 5.91 Å². The second-order valence-corrected chi connectivity index (χ2v) is 6.47. The quantitative estimate of drug-likeness (QED) is 0.920. The Kier molecular flexibility index (Phi) is 4.96. The molecular formula is C18H24N2O3. The van der Waals surface area contributed by atoms with E-state index in [4.69, 9.17) is 0 Å². The molecule has 0 spiro atoms. The third-order valence-electron chi connectivity index (χ3n) is 5.00. The summed E-state index contributed by atoms with van der Waals surface area (Å²) in [6.07, 6.45) is 3.32. The number of aliphatic hydroxyl groups excluding tert-OH is 1. The van der Waals surface area contributed by atoms with Crippen molar-refractivity contribution in [3.05, 3.63) is 35.9 Å². The van der Waals surface area contributed by atoms with Gasteiger partial charge in [-0.25, -0.2) is 0 Å². The van der Waals surface area contributed by atoms with Crippen LogP contribution in [0.25, 0.3) is 0 Å². The molecule has 1 atom stereocenters. The third kappa shape index (κ3) is 3.39. The zero-order valence-corrected chi connectivity index (χ0v) is 13.4. The maximum Gasteiger partial charge on any atom is 0.254 e. The fourth-order valence-electron chi connectivity index (χ4n) is 3.56. The van der Waals surface area contributed by atoms with E-state index in [0.717, 1.165) is 25.7 Å². The Labute approximate surface area is 136 Å². The molecule has 0 aromatic heterocycles. The molecule has 2 aliphatic rings. The van der Waals surface area contributed by atoms with Gasteiger partial charge >= 0.3 is 0 Å². The molecule has 2 aliphatic heterocycles. The summed E-state index contributed by atoms with van der Waals surface area (Å²) in [5.74, 6) is 0.333. The topological polar surface area (TPSA) is 60.9 Å². The molecule has 0 radical (unpaired) electrons. The molecule has 0 saturated carbocycles. The molecule has 5 heteroatoms. The molecule has 124 valence electrons. The van der Waals surface area contributed by atoms with Crippen LogP contribution in [0, 0.1) is 5.92 Å². The van der Waals surface area contributed by atoms with E-state index < -0.39 is 0 Å². The van der Waals surface area contributed by atoms with E-state index in [-0.39, 0.29) is 24.5 Å². The third-order valence-corrected chi connectivity index (χ3v) is 5.00. The summed E-state index contributed by atoms with van der Waals surface area (Å²) < 4.78 is 0. The molecular weight excluding hydrogens is 292 g/mol. The predicted octanol–water partition coefficient (Wildman–Crippen LogP) is 1.52. The van der Waals surface area contributed by atoms with E-state index in [1.807, 2.05) is 23.1 Å². The summed E-state index contributed by atoms with van der Waals surface area (Å²) in [5.41, 5.74) is 0.645. The van der Waals surface area contributed by atoms with Gasteiger partial charge in [0.15, 0.2) is 0 Å². The lowest BCUT2D eigenvalue weighted by Crippen LogP contribution is -2.50. The monoisotopic (exact) mass is 316 g/mol. The van der Waals surface area contributed by atoms with Gasteiger partial charge in [0.1, 0.15) is 6.04 Å². The Balaban J connectivity index is 1.67. The number of rotatable bonds is 3. The molecule has 1 aromatic rings. The standard InChI is InChI=1S/C18H24N2O3/c21-13-14-8-11-19(12-9-14)18(23)16-7-4-10-20(16)17(22)15-5-2-1-3-6-15/h1-3,5-6,14,16,21H,4,7-13H2. The van der Waals surface area contributed by atoms with Gasteiger partial charge in [0, 0.05) is 31.8 Å². The van der Waals surface area contributed by atoms with Crippen LogP contribution < -0.4 is 0 Å². The summed E-state index contributed by atoms with van der Waals surface area (Å²) in [6, 6.07) is 8.85. The van der Waals surface area contributed by atoms with Gasteiger partial charge in [-0.05, 0) is 43.7 Å². The molecule has 2 amide bonds. The highest BCUT2D eigenvalue weighted by Gasteiger charge is 2.37. The van der Waals surface area contributed by atoms with Crippen molar-refractivity contribution in [2.45, 2.75) is 31.7 Å². The van der Waals surface area contributed by atoms with Gasteiger partial charge in [-0.1, -0.05) is 18.2 Å². The van der Waals surface area contributed by atoms with Crippen molar-refractivity contribution >= 4 is 11.8 Å². The van der Waals surface area contributed by atoms with Gasteiger partial charge in [-0.3, -0.25) is 9.59 Å². The first-order valence-corrected chi connectivity index (χ1v) is 8.46. The van der Waals surface area contributed by atoms with Crippen molar-refractivity contribution in [1.82, 2.24) is 9.80 Å². The van der Waals surface area contributed by atoms with Crippen LogP contribution in [0.5, 0.6) is 0 Å². The SMILES string of the molecule is O=C(C1CCCN1C(=O)c1ccccc1)N1CCC(CO)CC1. The van der Waals surface area contributed by atoms with Gasteiger partial charge in [-0.15, -0.1) is 0 Å². The Hall–Kier alpha value is -1.88. The average Bonchev–Trinajstić information content (AvgIpc) is 3.11. The number of hydrogen-bond donors (Lipinski definition) is 1. The first-order valence-electron chi connectivity index (χ1n) is 8.46. The van der Waals surface area contributed by atoms with Crippen LogP contribution in [0.2, 0.25) is 0 Å². The maximum absolute atomic E-state index is 12.8. The average molecular weight is 316 g/mol. The molecule has 23 heavy (non-hydrogen) atoms. The van der Waals surface area contributed by atoms with Gasteiger partial charge in [-0.2, -0.15) is 0 Å². The van der Waals surface area contributed by atoms with Crippen molar-refractivity contribution in [2.75, 3.05) is 26.2 Å². The first-order chi connectivity index (χ1) is 11.2. The number of aliphatic hydroxyl groups is 1. The molecule has 2 heterocycles. The maximum atomic E-state index is 12.8. The largest absolute Gasteiger partial charge is 0.396 e. The molecule has 1 unspecified atom stereocenters. The van der Waals surface area contributed by atoms with E-state index in [9.17, 15) is 14.7 Å². The highest BCUT2D eigenvalue weighted by atomic mass is 16.3. The van der Waals surface area contributed by atoms with Crippen LogP contribution in [0.15, 0.2) is 30.3 Å². The lowest BCUT2D eigenvalue weighted by molar-refractivity contribution is -0.136. The Morgan fingerprint density at radius 1 is 1.04 bits per heavy atom. The minimum Gasteiger partial charge on any atom is -0.396 e. The number of nitrogens with zero attached hydrogens (tertiary/aromatic N) is 2. The van der Waals surface area contributed by atoms with Crippen LogP contribution in [-0.4, -0.2) is 59.0 Å². The molecule has 0 aliphatic carbocycles. The summed E-state index contributed by atoms with van der Waals surface area (Å²) in [7, 11) is 0. The molecule has 3 rings (SSSR count). The number of likely N-dealkylation sites (tertiary alicyclic amines) is 2. The first kappa shape index (κ1) is 16.0. The van der Waals surface area contributed by atoms with Crippen molar-refractivity contribution in [1.29, 1.82) is 0 Å². The molecule has 5 nitrogen and oxygen atoms in total. The lowest BCUT2D eigenvalue weighted by atomic mass is 9.97. The molecule has 0 bridgehead atoms. The fraction of sp³-hybridized carbons (Fsp3) is 0.556. The van der Waals surface area contributed by atoms with Gasteiger partial charge in [0.25, 0.3) is 5.91 Å². The lowest BCUT2D eigenvalue weighted by Gasteiger charge is -2.35. The van der Waals surface area contributed by atoms with E-state index in [1.165, 1.54) is 0 Å². The van der Waals surface area contributed by atoms with Crippen LogP contribution in [0.4, 0.5) is 0 Å². The summed E-state index contributed by atoms with van der Waals surface area (Å²) >= 11 is 0. The molecule has 1 aromatic carbocycles. The Morgan fingerprint density at radius 2 is 1.74 bits per heavy atom. The zero-order chi connectivity index (χ0) is 16.2. The highest BCUT2D eigenvalue weighted by molar-refractivity contribution is 5.97. The van der Waals surface area contributed by atoms with Crippen LogP contribution in [0.3, 0.4) is 0 Å². The Bertz CT molecular complexity index is 553. The number of carbonyl (C=O) groups is 2. The summed E-state index contributed by atoms with van der Waals surface area (Å²) in [4.78, 5) is 29.1. The zero-order valence-electron chi connectivity index (χ0n) is 13.4. The van der Waals surface area contributed by atoms with E-state index in [0.29, 0.717) is 31.1 Å². The number of benzene rings is 1. The highest BCUT2D eigenvalue weighted by Crippen LogP contribution is 2.24. The van der Waals surface area contributed by atoms with Crippen LogP contribution >= 0.6 is 0 Å². The van der Waals surface area contributed by atoms with Gasteiger partial charge < -0.3 is 14.9 Å². The molecule has 2 fully saturated rings. The van der Waals surface area contributed by atoms with Crippen molar-refractivity contribution in [2.24, 2.45) is 5.92 Å². The van der Waals surface area contributed by atoms with Crippen molar-refractivity contribution in [3.63, 3.8) is 0 Å². The van der Waals surface area contributed by atoms with E-state index in [1.54, 1.807) is 17.0 Å². The summed E-state index contributed by atoms with van der Waals surface area (Å²) in [6.45, 7) is 2.23. The van der Waals surface area contributed by atoms with Crippen molar-refractivity contribution in [3.8, 4) is 0 Å². The number of piperidine rings is 1.